The number of carboxylic acids is 1. The average Bonchev–Trinajstić information content (AvgIpc) is 2.71. The number of carbonyl (C=O) groups is 1. The van der Waals surface area contributed by atoms with Crippen molar-refractivity contribution in [2.24, 2.45) is 0 Å². The zero-order valence-corrected chi connectivity index (χ0v) is 18.7. The second kappa shape index (κ2) is 12.0. The lowest BCUT2D eigenvalue weighted by Crippen LogP contribution is -2.31. The van der Waals surface area contributed by atoms with Gasteiger partial charge in [0.15, 0.2) is 0 Å². The van der Waals surface area contributed by atoms with Crippen molar-refractivity contribution in [1.29, 1.82) is 0 Å². The van der Waals surface area contributed by atoms with Crippen molar-refractivity contribution < 1.29 is 9.90 Å². The van der Waals surface area contributed by atoms with Crippen LogP contribution in [0.15, 0.2) is 60.7 Å². The molecule has 0 aliphatic rings. The zero-order chi connectivity index (χ0) is 22.0. The zero-order valence-electron chi connectivity index (χ0n) is 17.1. The molecule has 0 aromatic heterocycles. The van der Waals surface area contributed by atoms with Crippen molar-refractivity contribution in [3.8, 4) is 0 Å². The molecule has 8 heteroatoms. The van der Waals surface area contributed by atoms with E-state index in [2.05, 4.69) is 24.3 Å². The van der Waals surface area contributed by atoms with E-state index in [0.717, 1.165) is 17.9 Å². The summed E-state index contributed by atoms with van der Waals surface area (Å²) >= 11 is 3.30. The van der Waals surface area contributed by atoms with Gasteiger partial charge in [-0.15, -0.1) is 0 Å². The van der Waals surface area contributed by atoms with Crippen LogP contribution in [-0.4, -0.2) is 52.3 Å². The summed E-state index contributed by atoms with van der Waals surface area (Å²) in [6.07, 6.45) is 2.12. The van der Waals surface area contributed by atoms with Crippen molar-refractivity contribution in [2.75, 3.05) is 0 Å². The van der Waals surface area contributed by atoms with Crippen LogP contribution in [0.2, 0.25) is 5.21 Å². The average molecular weight is 428 g/mol. The predicted molar refractivity (Wildman–Crippen MR) is 134 cm³/mol. The molecule has 0 spiro atoms. The van der Waals surface area contributed by atoms with Crippen LogP contribution in [0.4, 0.5) is 0 Å². The topological polar surface area (TPSA) is 37.3 Å². The van der Waals surface area contributed by atoms with Gasteiger partial charge in [0.1, 0.15) is 0 Å². The van der Waals surface area contributed by atoms with Gasteiger partial charge in [-0.3, -0.25) is 4.79 Å². The lowest BCUT2D eigenvalue weighted by atomic mass is 9.52. The highest BCUT2D eigenvalue weighted by Crippen LogP contribution is 2.35. The second-order valence-corrected chi connectivity index (χ2v) is 10.2. The summed E-state index contributed by atoms with van der Waals surface area (Å²) in [5, 5.41) is 7.58. The number of hydrogen-bond donors (Lipinski definition) is 1. The van der Waals surface area contributed by atoms with E-state index in [1.54, 1.807) is 11.8 Å². The Hall–Kier alpha value is -1.13. The molecule has 2 aromatic carbocycles. The van der Waals surface area contributed by atoms with Crippen molar-refractivity contribution in [3.63, 3.8) is 0 Å². The number of aliphatic carboxylic acids is 1. The molecule has 148 valence electrons. The monoisotopic (exact) mass is 428 g/mol. The Balaban J connectivity index is 1.95. The minimum absolute atomic E-state index is 0.160. The third kappa shape index (κ3) is 9.34. The first-order valence-corrected chi connectivity index (χ1v) is 11.9. The highest BCUT2D eigenvalue weighted by Gasteiger charge is 2.27. The molecule has 0 bridgehead atoms. The van der Waals surface area contributed by atoms with Gasteiger partial charge in [-0.2, -0.15) is 23.5 Å². The Morgan fingerprint density at radius 3 is 1.97 bits per heavy atom. The van der Waals surface area contributed by atoms with Crippen LogP contribution in [0.3, 0.4) is 0 Å². The summed E-state index contributed by atoms with van der Waals surface area (Å²) in [6, 6.07) is 20.3. The number of benzene rings is 2. The molecular weight excluding hydrogens is 404 g/mol. The maximum absolute atomic E-state index is 11.2. The maximum atomic E-state index is 11.2. The van der Waals surface area contributed by atoms with Gasteiger partial charge in [0.05, 0.1) is 31.4 Å². The highest BCUT2D eigenvalue weighted by molar-refractivity contribution is 8.02. The fourth-order valence-corrected chi connectivity index (χ4v) is 5.37. The predicted octanol–water partition coefficient (Wildman–Crippen LogP) is 4.31. The molecule has 8 radical (unpaired) electrons. The fourth-order valence-electron chi connectivity index (χ4n) is 2.97. The van der Waals surface area contributed by atoms with Crippen molar-refractivity contribution in [3.05, 3.63) is 71.8 Å². The van der Waals surface area contributed by atoms with Gasteiger partial charge in [0.2, 0.25) is 0 Å². The Morgan fingerprint density at radius 2 is 1.43 bits per heavy atom. The minimum Gasteiger partial charge on any atom is -0.482 e. The van der Waals surface area contributed by atoms with E-state index in [1.165, 1.54) is 22.9 Å². The molecule has 1 atom stereocenters. The van der Waals surface area contributed by atoms with E-state index in [4.69, 9.17) is 36.5 Å². The normalized spacial score (nSPS) is 13.1. The Kier molecular flexibility index (Phi) is 10.1. The van der Waals surface area contributed by atoms with E-state index in [1.807, 2.05) is 36.4 Å². The van der Waals surface area contributed by atoms with Gasteiger partial charge in [-0.1, -0.05) is 78.1 Å². The molecule has 1 N–H and O–H groups in total. The standard InChI is InChI=1S/C22H24B4O2S2/c23-21(24,20(27)28)13-7-12-19(29-15-17-8-3-1-4-9-17)14-22(25,26)30-16-18-10-5-2-6-11-18/h1-6,8-11,19H,7,12-16H2,(H,27,28). The fraction of sp³-hybridized carbons (Fsp3) is 0.409. The molecule has 0 aliphatic heterocycles. The molecule has 0 fully saturated rings. The largest absolute Gasteiger partial charge is 0.482 e. The molecular formula is C22H24B4O2S2. The minimum atomic E-state index is -1.71. The highest BCUT2D eigenvalue weighted by atomic mass is 32.2. The number of carboxylic acid groups (broad SMARTS) is 1. The first-order chi connectivity index (χ1) is 14.2. The molecule has 0 heterocycles. The first kappa shape index (κ1) is 25.1. The van der Waals surface area contributed by atoms with Crippen LogP contribution >= 0.6 is 23.5 Å². The molecule has 2 rings (SSSR count). The van der Waals surface area contributed by atoms with Gasteiger partial charge in [-0.25, -0.2) is 0 Å². The van der Waals surface area contributed by atoms with Crippen molar-refractivity contribution in [1.82, 2.24) is 0 Å². The molecule has 0 aliphatic carbocycles. The van der Waals surface area contributed by atoms with Crippen LogP contribution in [0.5, 0.6) is 0 Å². The second-order valence-electron chi connectivity index (χ2n) is 7.59. The van der Waals surface area contributed by atoms with Gasteiger partial charge in [0, 0.05) is 16.8 Å². The first-order valence-electron chi connectivity index (χ1n) is 9.90. The molecule has 0 amide bonds. The van der Waals surface area contributed by atoms with Crippen LogP contribution < -0.4 is 0 Å². The lowest BCUT2D eigenvalue weighted by molar-refractivity contribution is -0.138. The molecule has 0 saturated carbocycles. The quantitative estimate of drug-likeness (QED) is 0.483. The lowest BCUT2D eigenvalue weighted by Gasteiger charge is -2.31. The van der Waals surface area contributed by atoms with Gasteiger partial charge < -0.3 is 5.11 Å². The third-order valence-corrected chi connectivity index (χ3v) is 7.30. The number of rotatable bonds is 13. The van der Waals surface area contributed by atoms with Gasteiger partial charge in [-0.05, 0) is 29.2 Å². The van der Waals surface area contributed by atoms with E-state index in [0.29, 0.717) is 12.8 Å². The summed E-state index contributed by atoms with van der Waals surface area (Å²) in [5.74, 6) is 0.374. The molecule has 30 heavy (non-hydrogen) atoms. The smallest absolute Gasteiger partial charge is 0.292 e. The van der Waals surface area contributed by atoms with E-state index in [9.17, 15) is 4.79 Å². The molecule has 2 aromatic rings. The summed E-state index contributed by atoms with van der Waals surface area (Å²) < 4.78 is -0.889. The van der Waals surface area contributed by atoms with E-state index < -0.39 is 15.7 Å². The third-order valence-electron chi connectivity index (χ3n) is 4.74. The Morgan fingerprint density at radius 1 is 0.900 bits per heavy atom. The van der Waals surface area contributed by atoms with Crippen LogP contribution in [0.1, 0.15) is 36.8 Å². The Labute approximate surface area is 194 Å². The van der Waals surface area contributed by atoms with Gasteiger partial charge in [0.25, 0.3) is 5.97 Å². The molecule has 2 nitrogen and oxygen atoms in total. The van der Waals surface area contributed by atoms with Crippen molar-refractivity contribution >= 4 is 60.9 Å². The summed E-state index contributed by atoms with van der Waals surface area (Å²) in [7, 11) is 24.2. The van der Waals surface area contributed by atoms with Crippen LogP contribution in [0, 0.1) is 0 Å². The summed E-state index contributed by atoms with van der Waals surface area (Å²) in [6.45, 7) is 0. The van der Waals surface area contributed by atoms with Crippen molar-refractivity contribution in [2.45, 2.75) is 52.2 Å². The number of hydrogen-bond acceptors (Lipinski definition) is 3. The summed E-state index contributed by atoms with van der Waals surface area (Å²) in [4.78, 5) is 11.2. The van der Waals surface area contributed by atoms with E-state index >= 15 is 0 Å². The maximum Gasteiger partial charge on any atom is 0.292 e. The van der Waals surface area contributed by atoms with Crippen LogP contribution in [0.25, 0.3) is 0 Å². The van der Waals surface area contributed by atoms with E-state index in [-0.39, 0.29) is 11.7 Å². The molecule has 0 saturated heterocycles. The van der Waals surface area contributed by atoms with Crippen LogP contribution in [-0.2, 0) is 16.3 Å². The SMILES string of the molecule is [B]C([B])(CC(CCCC([B])([B])C(=O)O)SCc1ccccc1)SCc1ccccc1. The molecule has 1 unspecified atom stereocenters. The summed E-state index contributed by atoms with van der Waals surface area (Å²) in [5.41, 5.74) is 2.40. The number of thioether (sulfide) groups is 2. The van der Waals surface area contributed by atoms with Gasteiger partial charge >= 0.3 is 0 Å². The Bertz CT molecular complexity index is 773.